The first-order valence-electron chi connectivity index (χ1n) is 11.8. The van der Waals surface area contributed by atoms with Crippen molar-refractivity contribution < 1.29 is 14.3 Å². The highest BCUT2D eigenvalue weighted by atomic mass is 16.7. The molecule has 176 valence electrons. The molecule has 0 bridgehead atoms. The van der Waals surface area contributed by atoms with E-state index >= 15 is 0 Å². The van der Waals surface area contributed by atoms with Crippen molar-refractivity contribution >= 4 is 17.3 Å². The summed E-state index contributed by atoms with van der Waals surface area (Å²) in [5.41, 5.74) is 3.86. The van der Waals surface area contributed by atoms with E-state index in [-0.39, 0.29) is 24.1 Å². The Morgan fingerprint density at radius 3 is 2.39 bits per heavy atom. The molecule has 1 aliphatic carbocycles. The van der Waals surface area contributed by atoms with Gasteiger partial charge in [0.25, 0.3) is 0 Å². The Kier molecular flexibility index (Phi) is 7.97. The lowest BCUT2D eigenvalue weighted by Crippen LogP contribution is -2.21. The average molecular weight is 450 g/mol. The summed E-state index contributed by atoms with van der Waals surface area (Å²) in [6.07, 6.45) is 5.03. The van der Waals surface area contributed by atoms with Crippen LogP contribution < -0.4 is 0 Å². The van der Waals surface area contributed by atoms with Crippen LogP contribution in [-0.2, 0) is 26.2 Å². The molecule has 0 atom stereocenters. The molecule has 0 N–H and O–H groups in total. The van der Waals surface area contributed by atoms with Crippen LogP contribution in [0.15, 0.2) is 30.3 Å². The van der Waals surface area contributed by atoms with Gasteiger partial charge in [-0.05, 0) is 49.3 Å². The van der Waals surface area contributed by atoms with Gasteiger partial charge in [0, 0.05) is 6.54 Å². The number of hydrogen-bond acceptors (Lipinski definition) is 5. The topological polar surface area (TPSA) is 77.1 Å². The first-order valence-corrected chi connectivity index (χ1v) is 11.8. The van der Waals surface area contributed by atoms with Gasteiger partial charge in [-0.2, -0.15) is 10.4 Å². The fraction of sp³-hybridized carbons (Fsp3) is 0.519. The molecule has 0 amide bonds. The van der Waals surface area contributed by atoms with Gasteiger partial charge in [-0.1, -0.05) is 64.3 Å². The molecule has 0 spiro atoms. The third-order valence-corrected chi connectivity index (χ3v) is 6.16. The van der Waals surface area contributed by atoms with Crippen LogP contribution in [-0.4, -0.2) is 22.5 Å². The SMILES string of the molecule is CCn1nc(C)cc1/C(OCOC(=O)C1CCCCC1)=C(\C#N)c1ccc(C(C)(C)C)cc1. The zero-order chi connectivity index (χ0) is 24.0. The maximum Gasteiger partial charge on any atom is 0.311 e. The minimum atomic E-state index is -0.232. The molecule has 0 aliphatic heterocycles. The first-order chi connectivity index (χ1) is 15.7. The molecule has 0 radical (unpaired) electrons. The van der Waals surface area contributed by atoms with Gasteiger partial charge in [-0.15, -0.1) is 0 Å². The van der Waals surface area contributed by atoms with E-state index in [9.17, 15) is 10.1 Å². The Balaban J connectivity index is 1.92. The first kappa shape index (κ1) is 24.6. The fourth-order valence-corrected chi connectivity index (χ4v) is 4.23. The number of rotatable bonds is 7. The lowest BCUT2D eigenvalue weighted by atomic mass is 9.86. The third-order valence-electron chi connectivity index (χ3n) is 6.16. The maximum atomic E-state index is 12.5. The van der Waals surface area contributed by atoms with Crippen LogP contribution in [0.1, 0.15) is 82.3 Å². The van der Waals surface area contributed by atoms with Crippen molar-refractivity contribution in [2.45, 2.75) is 78.7 Å². The van der Waals surface area contributed by atoms with E-state index in [1.54, 1.807) is 4.68 Å². The summed E-state index contributed by atoms with van der Waals surface area (Å²) in [6.45, 7) is 10.7. The lowest BCUT2D eigenvalue weighted by Gasteiger charge is -2.21. The Morgan fingerprint density at radius 1 is 1.15 bits per heavy atom. The molecule has 33 heavy (non-hydrogen) atoms. The Labute approximate surface area is 197 Å². The average Bonchev–Trinajstić information content (AvgIpc) is 3.19. The fourth-order valence-electron chi connectivity index (χ4n) is 4.23. The van der Waals surface area contributed by atoms with Crippen LogP contribution in [0.3, 0.4) is 0 Å². The van der Waals surface area contributed by atoms with E-state index < -0.39 is 0 Å². The van der Waals surface area contributed by atoms with Crippen molar-refractivity contribution in [2.75, 3.05) is 6.79 Å². The highest BCUT2D eigenvalue weighted by Gasteiger charge is 2.24. The van der Waals surface area contributed by atoms with Gasteiger partial charge in [0.1, 0.15) is 17.3 Å². The quantitative estimate of drug-likeness (QED) is 0.224. The van der Waals surface area contributed by atoms with Crippen LogP contribution in [0, 0.1) is 24.2 Å². The summed E-state index contributed by atoms with van der Waals surface area (Å²) in [5.74, 6) is 0.0979. The number of ether oxygens (including phenoxy) is 2. The minimum absolute atomic E-state index is 0.0135. The summed E-state index contributed by atoms with van der Waals surface area (Å²) in [6, 6.07) is 12.2. The van der Waals surface area contributed by atoms with Gasteiger partial charge in [0.2, 0.25) is 6.79 Å². The van der Waals surface area contributed by atoms with Crippen LogP contribution in [0.4, 0.5) is 0 Å². The normalized spacial score (nSPS) is 15.5. The van der Waals surface area contributed by atoms with Crippen LogP contribution in [0.25, 0.3) is 11.3 Å². The number of esters is 1. The molecule has 1 saturated carbocycles. The van der Waals surface area contributed by atoms with E-state index in [4.69, 9.17) is 9.47 Å². The van der Waals surface area contributed by atoms with Crippen molar-refractivity contribution in [3.63, 3.8) is 0 Å². The maximum absolute atomic E-state index is 12.5. The van der Waals surface area contributed by atoms with Crippen LogP contribution >= 0.6 is 0 Å². The minimum Gasteiger partial charge on any atom is -0.454 e. The smallest absolute Gasteiger partial charge is 0.311 e. The van der Waals surface area contributed by atoms with Gasteiger partial charge >= 0.3 is 5.97 Å². The summed E-state index contributed by atoms with van der Waals surface area (Å²) >= 11 is 0. The van der Waals surface area contributed by atoms with Gasteiger partial charge in [0.15, 0.2) is 5.76 Å². The van der Waals surface area contributed by atoms with E-state index in [0.29, 0.717) is 23.6 Å². The zero-order valence-corrected chi connectivity index (χ0v) is 20.5. The molecule has 1 aliphatic rings. The second-order valence-electron chi connectivity index (χ2n) is 9.69. The number of carbonyl (C=O) groups excluding carboxylic acids is 1. The number of allylic oxidation sites excluding steroid dienone is 1. The molecule has 0 saturated heterocycles. The number of hydrogen-bond donors (Lipinski definition) is 0. The molecule has 1 aromatic heterocycles. The summed E-state index contributed by atoms with van der Waals surface area (Å²) in [5, 5.41) is 14.6. The standard InChI is InChI=1S/C27H35N3O3/c1-6-30-24(16-19(2)29-30)25(32-18-33-26(31)21-10-8-7-9-11-21)23(17-28)20-12-14-22(15-13-20)27(3,4)5/h12-16,21H,6-11,18H2,1-5H3/b25-23-. The number of aromatic nitrogens is 2. The van der Waals surface area contributed by atoms with Gasteiger partial charge in [-0.3, -0.25) is 9.48 Å². The summed E-state index contributed by atoms with van der Waals surface area (Å²) in [7, 11) is 0. The number of benzene rings is 1. The van der Waals surface area contributed by atoms with E-state index in [2.05, 4.69) is 31.9 Å². The molecule has 2 aromatic rings. The number of nitrogens with zero attached hydrogens (tertiary/aromatic N) is 3. The molecule has 0 unspecified atom stereocenters. The number of nitriles is 1. The van der Waals surface area contributed by atoms with Gasteiger partial charge < -0.3 is 9.47 Å². The molecule has 1 aromatic carbocycles. The predicted molar refractivity (Wildman–Crippen MR) is 129 cm³/mol. The van der Waals surface area contributed by atoms with E-state index in [1.807, 2.05) is 44.2 Å². The Morgan fingerprint density at radius 2 is 1.82 bits per heavy atom. The van der Waals surface area contributed by atoms with E-state index in [0.717, 1.165) is 36.9 Å². The second-order valence-corrected chi connectivity index (χ2v) is 9.69. The molecular formula is C27H35N3O3. The van der Waals surface area contributed by atoms with Crippen molar-refractivity contribution in [2.24, 2.45) is 5.92 Å². The molecule has 6 nitrogen and oxygen atoms in total. The number of carbonyl (C=O) groups is 1. The predicted octanol–water partition coefficient (Wildman–Crippen LogP) is 6.00. The molecular weight excluding hydrogens is 414 g/mol. The van der Waals surface area contributed by atoms with Crippen LogP contribution in [0.5, 0.6) is 0 Å². The third kappa shape index (κ3) is 6.04. The van der Waals surface area contributed by atoms with Crippen molar-refractivity contribution in [3.8, 4) is 6.07 Å². The molecule has 3 rings (SSSR count). The van der Waals surface area contributed by atoms with Crippen molar-refractivity contribution in [3.05, 3.63) is 52.8 Å². The highest BCUT2D eigenvalue weighted by Crippen LogP contribution is 2.31. The lowest BCUT2D eigenvalue weighted by molar-refractivity contribution is -0.157. The summed E-state index contributed by atoms with van der Waals surface area (Å²) < 4.78 is 13.3. The molecule has 6 heteroatoms. The summed E-state index contributed by atoms with van der Waals surface area (Å²) in [4.78, 5) is 12.5. The molecule has 1 fully saturated rings. The highest BCUT2D eigenvalue weighted by molar-refractivity contribution is 5.94. The van der Waals surface area contributed by atoms with Crippen molar-refractivity contribution in [1.82, 2.24) is 9.78 Å². The monoisotopic (exact) mass is 449 g/mol. The van der Waals surface area contributed by atoms with Gasteiger partial charge in [0.05, 0.1) is 11.6 Å². The zero-order valence-electron chi connectivity index (χ0n) is 20.5. The van der Waals surface area contributed by atoms with Crippen LogP contribution in [0.2, 0.25) is 0 Å². The number of aryl methyl sites for hydroxylation is 2. The Bertz CT molecular complexity index is 1030. The van der Waals surface area contributed by atoms with E-state index in [1.165, 1.54) is 12.0 Å². The largest absolute Gasteiger partial charge is 0.454 e. The Hall–Kier alpha value is -3.07. The second kappa shape index (κ2) is 10.7. The van der Waals surface area contributed by atoms with Gasteiger partial charge in [-0.25, -0.2) is 0 Å². The van der Waals surface area contributed by atoms with Crippen molar-refractivity contribution in [1.29, 1.82) is 5.26 Å². The molecule has 1 heterocycles.